The number of imidazole rings is 1. The highest BCUT2D eigenvalue weighted by molar-refractivity contribution is 6.39. The minimum atomic E-state index is -4.27. The highest BCUT2D eigenvalue weighted by Crippen LogP contribution is 2.42. The summed E-state index contributed by atoms with van der Waals surface area (Å²) < 4.78 is 72.8. The third-order valence-electron chi connectivity index (χ3n) is 7.76. The molecule has 246 valence electrons. The smallest absolute Gasteiger partial charge is 0.391 e. The molecule has 1 heterocycles. The molecule has 1 aromatic heterocycles. The number of carbonyl (C=O) groups is 2. The molecule has 0 atom stereocenters. The fourth-order valence-electron chi connectivity index (χ4n) is 5.23. The Morgan fingerprint density at radius 3 is 2.36 bits per heavy atom. The van der Waals surface area contributed by atoms with Gasteiger partial charge in [-0.05, 0) is 49.3 Å². The van der Waals surface area contributed by atoms with Gasteiger partial charge in [0.1, 0.15) is 12.4 Å². The van der Waals surface area contributed by atoms with E-state index in [0.717, 1.165) is 0 Å². The summed E-state index contributed by atoms with van der Waals surface area (Å²) in [4.78, 5) is 29.2. The number of nitrogens with zero attached hydrogens (tertiary/aromatic N) is 2. The number of halogens is 7. The van der Waals surface area contributed by atoms with E-state index in [1.165, 1.54) is 12.1 Å². The minimum Gasteiger partial charge on any atom is -0.487 e. The van der Waals surface area contributed by atoms with Gasteiger partial charge in [0.05, 0.1) is 38.2 Å². The molecule has 15 heteroatoms. The molecule has 1 fully saturated rings. The second kappa shape index (κ2) is 13.6. The molecule has 4 N–H and O–H groups in total. The van der Waals surface area contributed by atoms with Crippen molar-refractivity contribution in [3.05, 3.63) is 45.4 Å². The van der Waals surface area contributed by atoms with Gasteiger partial charge < -0.3 is 25.7 Å². The number of aromatic nitrogens is 2. The van der Waals surface area contributed by atoms with Gasteiger partial charge in [0.25, 0.3) is 12.3 Å². The monoisotopic (exact) mass is 677 g/mol. The summed E-state index contributed by atoms with van der Waals surface area (Å²) in [6.07, 6.45) is -6.57. The van der Waals surface area contributed by atoms with E-state index < -0.39 is 36.4 Å². The van der Waals surface area contributed by atoms with Gasteiger partial charge in [-0.15, -0.1) is 0 Å². The fraction of sp³-hybridized carbons (Fsp3) is 0.500. The number of ether oxygens (including phenoxy) is 1. The number of nitrogens with two attached hydrogens (primary N) is 1. The fourth-order valence-corrected chi connectivity index (χ4v) is 5.76. The highest BCUT2D eigenvalue weighted by Gasteiger charge is 2.41. The molecule has 1 aliphatic rings. The van der Waals surface area contributed by atoms with E-state index in [2.05, 4.69) is 15.6 Å². The van der Waals surface area contributed by atoms with Crippen LogP contribution in [0.1, 0.15) is 62.4 Å². The van der Waals surface area contributed by atoms with E-state index in [1.807, 2.05) is 0 Å². The Bertz CT molecular complexity index is 1560. The number of hydrogen-bond acceptors (Lipinski definition) is 5. The molecule has 0 saturated heterocycles. The third-order valence-corrected chi connectivity index (χ3v) is 8.51. The van der Waals surface area contributed by atoms with Crippen LogP contribution in [0.5, 0.6) is 5.75 Å². The van der Waals surface area contributed by atoms with Crippen molar-refractivity contribution in [2.75, 3.05) is 11.9 Å². The molecule has 0 aliphatic heterocycles. The summed E-state index contributed by atoms with van der Waals surface area (Å²) in [5.41, 5.74) is 6.11. The van der Waals surface area contributed by atoms with E-state index in [-0.39, 0.29) is 76.3 Å². The number of benzene rings is 2. The Balaban J connectivity index is 1.75. The maximum Gasteiger partial charge on any atom is 0.391 e. The topological polar surface area (TPSA) is 111 Å². The molecular formula is C30H34Cl2F5N5O3. The van der Waals surface area contributed by atoms with Gasteiger partial charge in [-0.2, -0.15) is 13.2 Å². The van der Waals surface area contributed by atoms with Gasteiger partial charge in [0, 0.05) is 24.6 Å². The lowest BCUT2D eigenvalue weighted by molar-refractivity contribution is -0.184. The molecule has 0 unspecified atom stereocenters. The van der Waals surface area contributed by atoms with Crippen molar-refractivity contribution >= 4 is 57.7 Å². The average Bonchev–Trinajstić information content (AvgIpc) is 3.27. The predicted octanol–water partition coefficient (Wildman–Crippen LogP) is 7.86. The Morgan fingerprint density at radius 1 is 1.11 bits per heavy atom. The largest absolute Gasteiger partial charge is 0.487 e. The summed E-state index contributed by atoms with van der Waals surface area (Å²) in [6, 6.07) is 5.91. The number of fused-ring (bicyclic) bond motifs is 1. The van der Waals surface area contributed by atoms with E-state index >= 15 is 0 Å². The second-order valence-electron chi connectivity index (χ2n) is 12.2. The molecule has 1 saturated carbocycles. The van der Waals surface area contributed by atoms with Crippen LogP contribution < -0.4 is 21.1 Å². The third kappa shape index (κ3) is 8.29. The van der Waals surface area contributed by atoms with Crippen LogP contribution in [0, 0.1) is 17.3 Å². The van der Waals surface area contributed by atoms with Crippen LogP contribution in [-0.2, 0) is 17.9 Å². The first kappa shape index (κ1) is 34.6. The number of anilines is 2. The molecule has 1 aliphatic carbocycles. The Labute approximate surface area is 266 Å². The zero-order chi connectivity index (χ0) is 33.3. The standard InChI is InChI=1S/C30H34Cl2F5N5O3/c1-29(2,3)27(44)39-12-16-6-9-19(31)25(24(16)32)41-28-40-20-10-18(26(38)43)22(45-14-23(33)34)11-21(20)42(28)13-15-4-7-17(8-5-15)30(35,36)37/h6,9-11,15,17,23H,4-5,7-8,12-14H2,1-3H3,(H2,38,43)(H,39,44)(H,40,41). The number of rotatable bonds is 10. The van der Waals surface area contributed by atoms with Gasteiger partial charge in [0.2, 0.25) is 11.9 Å². The van der Waals surface area contributed by atoms with Crippen LogP contribution in [0.25, 0.3) is 11.0 Å². The summed E-state index contributed by atoms with van der Waals surface area (Å²) in [5, 5.41) is 6.36. The molecule has 2 amide bonds. The van der Waals surface area contributed by atoms with Crippen LogP contribution in [0.3, 0.4) is 0 Å². The van der Waals surface area contributed by atoms with Crippen LogP contribution in [0.2, 0.25) is 10.0 Å². The molecule has 2 aromatic carbocycles. The molecule has 4 rings (SSSR count). The molecular weight excluding hydrogens is 644 g/mol. The molecule has 0 spiro atoms. The maximum atomic E-state index is 13.3. The van der Waals surface area contributed by atoms with E-state index in [9.17, 15) is 31.5 Å². The second-order valence-corrected chi connectivity index (χ2v) is 12.9. The van der Waals surface area contributed by atoms with Crippen molar-refractivity contribution < 1.29 is 36.3 Å². The number of primary amides is 1. The van der Waals surface area contributed by atoms with Crippen molar-refractivity contribution in [1.29, 1.82) is 0 Å². The number of nitrogens with one attached hydrogen (secondary N) is 2. The van der Waals surface area contributed by atoms with Crippen LogP contribution in [-0.4, -0.2) is 40.6 Å². The predicted molar refractivity (Wildman–Crippen MR) is 162 cm³/mol. The molecule has 8 nitrogen and oxygen atoms in total. The molecule has 45 heavy (non-hydrogen) atoms. The van der Waals surface area contributed by atoms with Crippen molar-refractivity contribution in [3.63, 3.8) is 0 Å². The van der Waals surface area contributed by atoms with Crippen LogP contribution in [0.15, 0.2) is 24.3 Å². The Kier molecular flexibility index (Phi) is 10.4. The zero-order valence-corrected chi connectivity index (χ0v) is 26.3. The number of amides is 2. The van der Waals surface area contributed by atoms with Gasteiger partial charge in [-0.1, -0.05) is 50.0 Å². The van der Waals surface area contributed by atoms with Crippen LogP contribution in [0.4, 0.5) is 33.6 Å². The van der Waals surface area contributed by atoms with Gasteiger partial charge in [-0.25, -0.2) is 13.8 Å². The summed E-state index contributed by atoms with van der Waals surface area (Å²) >= 11 is 13.3. The van der Waals surface area contributed by atoms with Crippen molar-refractivity contribution in [1.82, 2.24) is 14.9 Å². The average molecular weight is 679 g/mol. The lowest BCUT2D eigenvalue weighted by Crippen LogP contribution is -2.34. The lowest BCUT2D eigenvalue weighted by Gasteiger charge is -2.30. The minimum absolute atomic E-state index is 0.0296. The maximum absolute atomic E-state index is 13.3. The number of carbonyl (C=O) groups excluding carboxylic acids is 2. The summed E-state index contributed by atoms with van der Waals surface area (Å²) in [6.45, 7) is 4.64. The molecule has 3 aromatic rings. The molecule has 0 radical (unpaired) electrons. The van der Waals surface area contributed by atoms with Gasteiger partial charge >= 0.3 is 6.18 Å². The first-order valence-corrected chi connectivity index (χ1v) is 15.0. The van der Waals surface area contributed by atoms with Gasteiger partial charge in [-0.3, -0.25) is 9.59 Å². The van der Waals surface area contributed by atoms with Crippen molar-refractivity contribution in [3.8, 4) is 5.75 Å². The summed E-state index contributed by atoms with van der Waals surface area (Å²) in [7, 11) is 0. The van der Waals surface area contributed by atoms with Gasteiger partial charge in [0.15, 0.2) is 0 Å². The van der Waals surface area contributed by atoms with Crippen molar-refractivity contribution in [2.24, 2.45) is 23.0 Å². The van der Waals surface area contributed by atoms with E-state index in [0.29, 0.717) is 23.9 Å². The zero-order valence-electron chi connectivity index (χ0n) is 24.8. The number of alkyl halides is 5. The first-order valence-electron chi connectivity index (χ1n) is 14.3. The highest BCUT2D eigenvalue weighted by atomic mass is 35.5. The molecule has 0 bridgehead atoms. The lowest BCUT2D eigenvalue weighted by atomic mass is 9.81. The van der Waals surface area contributed by atoms with E-state index in [1.54, 1.807) is 37.5 Å². The van der Waals surface area contributed by atoms with E-state index in [4.69, 9.17) is 33.7 Å². The van der Waals surface area contributed by atoms with Crippen LogP contribution >= 0.6 is 23.2 Å². The Morgan fingerprint density at radius 2 is 1.78 bits per heavy atom. The van der Waals surface area contributed by atoms with Crippen molar-refractivity contribution in [2.45, 2.75) is 72.1 Å². The Hall–Kier alpha value is -3.32. The SMILES string of the molecule is CC(C)(C)C(=O)NCc1ccc(Cl)c(Nc2nc3cc(C(N)=O)c(OCC(F)F)cc3n2CC2CCC(C(F)(F)F)CC2)c1Cl. The first-order chi connectivity index (χ1) is 21.0. The quantitative estimate of drug-likeness (QED) is 0.189. The number of hydrogen-bond donors (Lipinski definition) is 3. The summed E-state index contributed by atoms with van der Waals surface area (Å²) in [5.74, 6) is -2.67. The normalized spacial score (nSPS) is 17.5.